The van der Waals surface area contributed by atoms with Gasteiger partial charge in [-0.3, -0.25) is 9.59 Å². The van der Waals surface area contributed by atoms with Crippen LogP contribution in [-0.2, 0) is 7.05 Å². The molecule has 0 unspecified atom stereocenters. The Labute approximate surface area is 146 Å². The van der Waals surface area contributed by atoms with Crippen LogP contribution in [0.25, 0.3) is 5.57 Å². The Morgan fingerprint density at radius 1 is 1.21 bits per heavy atom. The largest absolute Gasteiger partial charge is 0.346 e. The van der Waals surface area contributed by atoms with Gasteiger partial charge >= 0.3 is 0 Å². The molecule has 124 valence electrons. The molecule has 0 bridgehead atoms. The van der Waals surface area contributed by atoms with Gasteiger partial charge in [0.15, 0.2) is 5.78 Å². The van der Waals surface area contributed by atoms with E-state index < -0.39 is 0 Å². The highest BCUT2D eigenvalue weighted by atomic mass is 35.5. The monoisotopic (exact) mass is 342 g/mol. The number of hydrogen-bond donors (Lipinski definition) is 0. The van der Waals surface area contributed by atoms with E-state index in [9.17, 15) is 9.59 Å². The first-order chi connectivity index (χ1) is 11.5. The minimum Gasteiger partial charge on any atom is -0.346 e. The van der Waals surface area contributed by atoms with Crippen LogP contribution in [0.5, 0.6) is 0 Å². The lowest BCUT2D eigenvalue weighted by molar-refractivity contribution is 0.0763. The lowest BCUT2D eigenvalue weighted by atomic mass is 9.99. The first-order valence-electron chi connectivity index (χ1n) is 7.87. The zero-order valence-electron chi connectivity index (χ0n) is 13.8. The third kappa shape index (κ3) is 3.29. The van der Waals surface area contributed by atoms with Crippen molar-refractivity contribution in [2.45, 2.75) is 13.3 Å². The van der Waals surface area contributed by atoms with Crippen LogP contribution in [0.15, 0.2) is 42.6 Å². The highest BCUT2D eigenvalue weighted by Crippen LogP contribution is 2.25. The zero-order chi connectivity index (χ0) is 17.3. The van der Waals surface area contributed by atoms with Crippen LogP contribution in [0, 0.1) is 0 Å². The Hall–Kier alpha value is -2.33. The summed E-state index contributed by atoms with van der Waals surface area (Å²) in [5, 5.41) is 0.715. The average Bonchev–Trinajstić information content (AvgIpc) is 2.96. The number of hydrogen-bond acceptors (Lipinski definition) is 2. The molecule has 24 heavy (non-hydrogen) atoms. The van der Waals surface area contributed by atoms with Gasteiger partial charge in [-0.15, -0.1) is 0 Å². The number of aryl methyl sites for hydroxylation is 1. The molecule has 1 aromatic carbocycles. The Balaban J connectivity index is 1.76. The predicted octanol–water partition coefficient (Wildman–Crippen LogP) is 3.81. The SMILES string of the molecule is CC(=O)c1cc(C(=O)N2CC=C(c3cccc(Cl)c3)CC2)n(C)c1. The fraction of sp³-hybridized carbons (Fsp3) is 0.263. The highest BCUT2D eigenvalue weighted by molar-refractivity contribution is 6.30. The second-order valence-electron chi connectivity index (χ2n) is 6.02. The molecular formula is C19H19ClN2O2. The Morgan fingerprint density at radius 3 is 2.58 bits per heavy atom. The first-order valence-corrected chi connectivity index (χ1v) is 8.25. The van der Waals surface area contributed by atoms with Gasteiger partial charge in [-0.25, -0.2) is 0 Å². The lowest BCUT2D eigenvalue weighted by Crippen LogP contribution is -2.35. The lowest BCUT2D eigenvalue weighted by Gasteiger charge is -2.27. The van der Waals surface area contributed by atoms with Crippen LogP contribution in [0.1, 0.15) is 39.8 Å². The standard InChI is InChI=1S/C19H19ClN2O2/c1-13(23)16-11-18(21(2)12-16)19(24)22-8-6-14(7-9-22)15-4-3-5-17(20)10-15/h3-6,10-12H,7-9H2,1-2H3. The summed E-state index contributed by atoms with van der Waals surface area (Å²) in [5.41, 5.74) is 3.41. The summed E-state index contributed by atoms with van der Waals surface area (Å²) in [5.74, 6) is -0.0853. The highest BCUT2D eigenvalue weighted by Gasteiger charge is 2.22. The number of aromatic nitrogens is 1. The van der Waals surface area contributed by atoms with Gasteiger partial charge in [0.1, 0.15) is 5.69 Å². The van der Waals surface area contributed by atoms with Crippen molar-refractivity contribution in [2.75, 3.05) is 13.1 Å². The number of carbonyl (C=O) groups excluding carboxylic acids is 2. The molecule has 1 aromatic heterocycles. The summed E-state index contributed by atoms with van der Waals surface area (Å²) >= 11 is 6.05. The van der Waals surface area contributed by atoms with E-state index in [0.29, 0.717) is 29.4 Å². The van der Waals surface area contributed by atoms with Gasteiger partial charge in [0.2, 0.25) is 0 Å². The third-order valence-corrected chi connectivity index (χ3v) is 4.56. The smallest absolute Gasteiger partial charge is 0.270 e. The normalized spacial score (nSPS) is 14.5. The van der Waals surface area contributed by atoms with Gasteiger partial charge in [-0.1, -0.05) is 29.8 Å². The van der Waals surface area contributed by atoms with Gasteiger partial charge < -0.3 is 9.47 Å². The van der Waals surface area contributed by atoms with Gasteiger partial charge in [0.05, 0.1) is 0 Å². The van der Waals surface area contributed by atoms with Gasteiger partial charge in [0, 0.05) is 36.9 Å². The Morgan fingerprint density at radius 2 is 2.00 bits per heavy atom. The van der Waals surface area contributed by atoms with E-state index in [1.54, 1.807) is 28.8 Å². The molecule has 0 saturated carbocycles. The number of halogens is 1. The van der Waals surface area contributed by atoms with Crippen molar-refractivity contribution in [1.82, 2.24) is 9.47 Å². The summed E-state index contributed by atoms with van der Waals surface area (Å²) in [6.45, 7) is 2.71. The molecule has 2 aromatic rings. The van der Waals surface area contributed by atoms with Crippen LogP contribution >= 0.6 is 11.6 Å². The van der Waals surface area contributed by atoms with Crippen LogP contribution in [0.3, 0.4) is 0 Å². The van der Waals surface area contributed by atoms with E-state index in [0.717, 1.165) is 12.0 Å². The van der Waals surface area contributed by atoms with E-state index in [4.69, 9.17) is 11.6 Å². The van der Waals surface area contributed by atoms with Crippen molar-refractivity contribution in [3.8, 4) is 0 Å². The molecule has 1 aliphatic rings. The third-order valence-electron chi connectivity index (χ3n) is 4.32. The molecule has 0 radical (unpaired) electrons. The molecular weight excluding hydrogens is 324 g/mol. The van der Waals surface area contributed by atoms with Crippen molar-refractivity contribution >= 4 is 28.9 Å². The molecule has 0 spiro atoms. The van der Waals surface area contributed by atoms with Crippen molar-refractivity contribution in [3.05, 3.63) is 64.4 Å². The van der Waals surface area contributed by atoms with Gasteiger partial charge in [0.25, 0.3) is 5.91 Å². The minimum absolute atomic E-state index is 0.0357. The molecule has 1 amide bonds. The predicted molar refractivity (Wildman–Crippen MR) is 95.4 cm³/mol. The van der Waals surface area contributed by atoms with E-state index >= 15 is 0 Å². The maximum absolute atomic E-state index is 12.7. The second kappa shape index (κ2) is 6.65. The topological polar surface area (TPSA) is 42.3 Å². The van der Waals surface area contributed by atoms with Crippen LogP contribution in [0.4, 0.5) is 0 Å². The quantitative estimate of drug-likeness (QED) is 0.796. The first kappa shape index (κ1) is 16.5. The molecule has 0 fully saturated rings. The molecule has 0 saturated heterocycles. The fourth-order valence-corrected chi connectivity index (χ4v) is 3.13. The van der Waals surface area contributed by atoms with E-state index in [-0.39, 0.29) is 11.7 Å². The van der Waals surface area contributed by atoms with Crippen molar-refractivity contribution in [2.24, 2.45) is 7.05 Å². The molecule has 0 aliphatic carbocycles. The van der Waals surface area contributed by atoms with Crippen LogP contribution in [-0.4, -0.2) is 34.2 Å². The molecule has 0 atom stereocenters. The van der Waals surface area contributed by atoms with Gasteiger partial charge in [-0.2, -0.15) is 0 Å². The van der Waals surface area contributed by atoms with Crippen LogP contribution < -0.4 is 0 Å². The van der Waals surface area contributed by atoms with Crippen molar-refractivity contribution < 1.29 is 9.59 Å². The summed E-state index contributed by atoms with van der Waals surface area (Å²) < 4.78 is 1.72. The molecule has 1 aliphatic heterocycles. The minimum atomic E-state index is -0.0496. The van der Waals surface area contributed by atoms with E-state index in [2.05, 4.69) is 6.08 Å². The van der Waals surface area contributed by atoms with E-state index in [1.165, 1.54) is 12.5 Å². The Kier molecular flexibility index (Phi) is 4.58. The van der Waals surface area contributed by atoms with Gasteiger partial charge in [-0.05, 0) is 42.7 Å². The molecule has 3 rings (SSSR count). The maximum atomic E-state index is 12.7. The molecule has 0 N–H and O–H groups in total. The summed E-state index contributed by atoms with van der Waals surface area (Å²) in [4.78, 5) is 26.0. The fourth-order valence-electron chi connectivity index (χ4n) is 2.94. The van der Waals surface area contributed by atoms with Crippen molar-refractivity contribution in [3.63, 3.8) is 0 Å². The van der Waals surface area contributed by atoms with E-state index in [1.807, 2.05) is 24.3 Å². The average molecular weight is 343 g/mol. The molecule has 4 nitrogen and oxygen atoms in total. The number of amides is 1. The van der Waals surface area contributed by atoms with Crippen molar-refractivity contribution in [1.29, 1.82) is 0 Å². The summed E-state index contributed by atoms with van der Waals surface area (Å²) in [6, 6.07) is 9.43. The second-order valence-corrected chi connectivity index (χ2v) is 6.46. The number of ketones is 1. The number of Topliss-reactive ketones (excluding diaryl/α,β-unsaturated/α-hetero) is 1. The number of benzene rings is 1. The maximum Gasteiger partial charge on any atom is 0.270 e. The number of nitrogens with zero attached hydrogens (tertiary/aromatic N) is 2. The molecule has 5 heteroatoms. The summed E-state index contributed by atoms with van der Waals surface area (Å²) in [6.07, 6.45) is 4.56. The zero-order valence-corrected chi connectivity index (χ0v) is 14.5. The number of rotatable bonds is 3. The number of carbonyl (C=O) groups is 2. The van der Waals surface area contributed by atoms with Crippen LogP contribution in [0.2, 0.25) is 5.02 Å². The Bertz CT molecular complexity index is 836. The summed E-state index contributed by atoms with van der Waals surface area (Å²) in [7, 11) is 1.79. The molecule has 2 heterocycles.